The second-order valence-electron chi connectivity index (χ2n) is 8.00. The van der Waals surface area contributed by atoms with Gasteiger partial charge in [-0.3, -0.25) is 9.59 Å². The van der Waals surface area contributed by atoms with E-state index in [1.165, 1.54) is 13.3 Å². The fourth-order valence-corrected chi connectivity index (χ4v) is 4.47. The molecular weight excluding hydrogens is 452 g/mol. The number of nitrogens with zero attached hydrogens (tertiary/aromatic N) is 5. The molecule has 1 saturated heterocycles. The van der Waals surface area contributed by atoms with Gasteiger partial charge in [0.05, 0.1) is 24.6 Å². The van der Waals surface area contributed by atoms with E-state index in [1.807, 2.05) is 39.8 Å². The van der Waals surface area contributed by atoms with Crippen LogP contribution in [0.5, 0.6) is 0 Å². The molecule has 1 fully saturated rings. The van der Waals surface area contributed by atoms with Crippen LogP contribution in [0.3, 0.4) is 0 Å². The molecule has 35 heavy (non-hydrogen) atoms. The minimum Gasteiger partial charge on any atom is -0.483 e. The number of carboxylic acid groups (broad SMARTS) is 1. The Morgan fingerprint density at radius 2 is 1.83 bits per heavy atom. The number of aromatic amines is 1. The molecule has 1 amide bonds. The number of ether oxygens (including phenoxy) is 1. The number of hydrogen-bond donors (Lipinski definition) is 2. The maximum Gasteiger partial charge on any atom is 0.339 e. The van der Waals surface area contributed by atoms with Gasteiger partial charge in [-0.15, -0.1) is 0 Å². The molecule has 3 aromatic heterocycles. The Labute approximate surface area is 200 Å². The number of carbonyl (C=O) groups is 3. The average molecular weight is 476 g/mol. The molecule has 1 aromatic carbocycles. The van der Waals surface area contributed by atoms with E-state index in [2.05, 4.69) is 27.5 Å². The van der Waals surface area contributed by atoms with Crippen LogP contribution in [0, 0.1) is 0 Å². The molecule has 4 heterocycles. The van der Waals surface area contributed by atoms with Crippen molar-refractivity contribution in [1.29, 1.82) is 0 Å². The minimum atomic E-state index is -0.389. The largest absolute Gasteiger partial charge is 0.483 e. The summed E-state index contributed by atoms with van der Waals surface area (Å²) in [4.78, 5) is 39.8. The smallest absolute Gasteiger partial charge is 0.339 e. The number of pyridine rings is 1. The molecule has 11 nitrogen and oxygen atoms in total. The number of hydrogen-bond acceptors (Lipinski definition) is 7. The van der Waals surface area contributed by atoms with Gasteiger partial charge in [0.1, 0.15) is 5.65 Å². The monoisotopic (exact) mass is 476 g/mol. The van der Waals surface area contributed by atoms with Crippen LogP contribution in [-0.2, 0) is 14.9 Å². The molecule has 11 heteroatoms. The Morgan fingerprint density at radius 1 is 1.11 bits per heavy atom. The summed E-state index contributed by atoms with van der Waals surface area (Å²) in [5.41, 5.74) is 3.26. The van der Waals surface area contributed by atoms with Crippen LogP contribution in [0.25, 0.3) is 5.65 Å². The Bertz CT molecular complexity index is 1310. The highest BCUT2D eigenvalue weighted by Gasteiger charge is 2.41. The van der Waals surface area contributed by atoms with Gasteiger partial charge in [-0.05, 0) is 30.5 Å². The number of amides is 1. The molecular formula is C24H24N6O5. The molecule has 0 aliphatic carbocycles. The SMILES string of the molecule is COC(=O)c1ccc2nc(C3(c4ccccc4)CCN(C(=O)c4cn[nH]n4)CC3)cn2c1.O=CO. The summed E-state index contributed by atoms with van der Waals surface area (Å²) in [5.74, 6) is -0.516. The summed E-state index contributed by atoms with van der Waals surface area (Å²) in [6.45, 7) is 0.893. The van der Waals surface area contributed by atoms with Gasteiger partial charge in [-0.25, -0.2) is 9.78 Å². The Morgan fingerprint density at radius 3 is 2.46 bits per heavy atom. The molecule has 0 saturated carbocycles. The molecule has 0 atom stereocenters. The van der Waals surface area contributed by atoms with E-state index in [0.717, 1.165) is 16.9 Å². The number of imidazole rings is 1. The Balaban J connectivity index is 0.000000917. The first-order chi connectivity index (χ1) is 17.0. The number of nitrogens with one attached hydrogen (secondary N) is 1. The van der Waals surface area contributed by atoms with E-state index < -0.39 is 0 Å². The predicted molar refractivity (Wildman–Crippen MR) is 124 cm³/mol. The van der Waals surface area contributed by atoms with Crippen molar-refractivity contribution in [2.45, 2.75) is 18.3 Å². The lowest BCUT2D eigenvalue weighted by Crippen LogP contribution is -2.46. The topological polar surface area (TPSA) is 143 Å². The molecule has 1 aliphatic rings. The van der Waals surface area contributed by atoms with Crippen molar-refractivity contribution < 1.29 is 24.2 Å². The average Bonchev–Trinajstić information content (AvgIpc) is 3.59. The van der Waals surface area contributed by atoms with Crippen LogP contribution in [-0.4, -0.2) is 73.3 Å². The molecule has 2 N–H and O–H groups in total. The molecule has 1 aliphatic heterocycles. The van der Waals surface area contributed by atoms with Gasteiger partial charge in [-0.1, -0.05) is 30.3 Å². The van der Waals surface area contributed by atoms with Crippen molar-refractivity contribution >= 4 is 24.0 Å². The number of rotatable bonds is 4. The quantitative estimate of drug-likeness (QED) is 0.337. The first kappa shape index (κ1) is 23.6. The van der Waals surface area contributed by atoms with Crippen LogP contribution in [0.2, 0.25) is 0 Å². The van der Waals surface area contributed by atoms with Crippen LogP contribution in [0.15, 0.2) is 61.1 Å². The van der Waals surface area contributed by atoms with Gasteiger partial charge in [-0.2, -0.15) is 15.4 Å². The van der Waals surface area contributed by atoms with Gasteiger partial charge in [0.2, 0.25) is 0 Å². The van der Waals surface area contributed by atoms with Crippen molar-refractivity contribution in [1.82, 2.24) is 29.7 Å². The van der Waals surface area contributed by atoms with Crippen molar-refractivity contribution in [3.8, 4) is 0 Å². The molecule has 0 bridgehead atoms. The Hall–Kier alpha value is -4.54. The fourth-order valence-electron chi connectivity index (χ4n) is 4.47. The van der Waals surface area contributed by atoms with E-state index in [1.54, 1.807) is 12.3 Å². The van der Waals surface area contributed by atoms with Crippen molar-refractivity contribution in [3.63, 3.8) is 0 Å². The number of fused-ring (bicyclic) bond motifs is 1. The lowest BCUT2D eigenvalue weighted by atomic mass is 9.70. The summed E-state index contributed by atoms with van der Waals surface area (Å²) in [6.07, 6.45) is 6.59. The maximum absolute atomic E-state index is 12.8. The van der Waals surface area contributed by atoms with Gasteiger partial charge in [0, 0.05) is 30.9 Å². The summed E-state index contributed by atoms with van der Waals surface area (Å²) < 4.78 is 6.70. The molecule has 0 unspecified atom stereocenters. The molecule has 0 spiro atoms. The van der Waals surface area contributed by atoms with Gasteiger partial charge in [0.25, 0.3) is 12.4 Å². The number of carbonyl (C=O) groups excluding carboxylic acids is 2. The van der Waals surface area contributed by atoms with E-state index in [0.29, 0.717) is 37.2 Å². The third kappa shape index (κ3) is 4.60. The number of H-pyrrole nitrogens is 1. The molecule has 0 radical (unpaired) electrons. The standard InChI is InChI=1S/C23H22N6O3.CH2O2/c1-32-22(31)16-7-8-20-25-19(15-29(20)14-16)23(17-5-3-2-4-6-17)9-11-28(12-10-23)21(30)18-13-24-27-26-18;2-1-3/h2-8,13-15H,9-12H2,1H3,(H,24,26,27);1H,(H,2,3). The maximum atomic E-state index is 12.8. The Kier molecular flexibility index (Phi) is 6.86. The highest BCUT2D eigenvalue weighted by molar-refractivity contribution is 5.92. The van der Waals surface area contributed by atoms with E-state index in [4.69, 9.17) is 19.6 Å². The van der Waals surface area contributed by atoms with Crippen molar-refractivity contribution in [2.24, 2.45) is 0 Å². The molecule has 5 rings (SSSR count). The first-order valence-electron chi connectivity index (χ1n) is 10.9. The van der Waals surface area contributed by atoms with Gasteiger partial charge in [0.15, 0.2) is 5.69 Å². The zero-order chi connectivity index (χ0) is 24.8. The molecule has 4 aromatic rings. The number of esters is 1. The predicted octanol–water partition coefficient (Wildman–Crippen LogP) is 2.16. The van der Waals surface area contributed by atoms with E-state index in [-0.39, 0.29) is 23.8 Å². The number of benzene rings is 1. The highest BCUT2D eigenvalue weighted by atomic mass is 16.5. The first-order valence-corrected chi connectivity index (χ1v) is 10.9. The van der Waals surface area contributed by atoms with Crippen LogP contribution >= 0.6 is 0 Å². The second-order valence-corrected chi connectivity index (χ2v) is 8.00. The fraction of sp³-hybridized carbons (Fsp3) is 0.250. The lowest BCUT2D eigenvalue weighted by Gasteiger charge is -2.41. The third-order valence-electron chi connectivity index (χ3n) is 6.23. The number of piperidine rings is 1. The van der Waals surface area contributed by atoms with Crippen molar-refractivity contribution in [3.05, 3.63) is 83.6 Å². The number of likely N-dealkylation sites (tertiary alicyclic amines) is 1. The van der Waals surface area contributed by atoms with Crippen LogP contribution in [0.4, 0.5) is 0 Å². The van der Waals surface area contributed by atoms with Crippen LogP contribution < -0.4 is 0 Å². The normalized spacial score (nSPS) is 14.6. The number of methoxy groups -OCH3 is 1. The summed E-state index contributed by atoms with van der Waals surface area (Å²) in [6, 6.07) is 13.8. The van der Waals surface area contributed by atoms with E-state index >= 15 is 0 Å². The summed E-state index contributed by atoms with van der Waals surface area (Å²) in [5, 5.41) is 17.0. The van der Waals surface area contributed by atoms with Crippen LogP contribution in [0.1, 0.15) is 44.9 Å². The minimum absolute atomic E-state index is 0.127. The zero-order valence-electron chi connectivity index (χ0n) is 19.0. The second kappa shape index (κ2) is 10.2. The van der Waals surface area contributed by atoms with Crippen molar-refractivity contribution in [2.75, 3.05) is 20.2 Å². The third-order valence-corrected chi connectivity index (χ3v) is 6.23. The zero-order valence-corrected chi connectivity index (χ0v) is 19.0. The van der Waals surface area contributed by atoms with Gasteiger partial charge < -0.3 is 19.1 Å². The summed E-state index contributed by atoms with van der Waals surface area (Å²) >= 11 is 0. The molecule has 180 valence electrons. The van der Waals surface area contributed by atoms with Gasteiger partial charge >= 0.3 is 5.97 Å². The summed E-state index contributed by atoms with van der Waals surface area (Å²) in [7, 11) is 1.37. The number of aromatic nitrogens is 5. The van der Waals surface area contributed by atoms with E-state index in [9.17, 15) is 9.59 Å². The lowest BCUT2D eigenvalue weighted by molar-refractivity contribution is -0.122. The highest BCUT2D eigenvalue weighted by Crippen LogP contribution is 2.41.